The molecular weight excluding hydrogens is 2190 g/mol. The zero-order chi connectivity index (χ0) is 83.8. The van der Waals surface area contributed by atoms with Crippen molar-refractivity contribution >= 4 is 372 Å². The van der Waals surface area contributed by atoms with E-state index in [0.717, 1.165) is 36.9 Å². The van der Waals surface area contributed by atoms with E-state index >= 15 is 0 Å². The predicted octanol–water partition coefficient (Wildman–Crippen LogP) is 8.49. The molecule has 2 N–H and O–H groups in total. The third-order valence-corrected chi connectivity index (χ3v) is 83.2. The number of nitrogens with zero attached hydrogens (tertiary/aromatic N) is 3. The third kappa shape index (κ3) is 61.8. The number of carbonyl (C=O) groups excluding carboxylic acids is 4. The molecule has 25 nitrogen and oxygen atoms in total. The summed E-state index contributed by atoms with van der Waals surface area (Å²) in [5, 5.41) is 26.3. The predicted molar refractivity (Wildman–Crippen MR) is 544 cm³/mol. The highest BCUT2D eigenvalue weighted by molar-refractivity contribution is 8.80. The van der Waals surface area contributed by atoms with Crippen molar-refractivity contribution in [1.29, 1.82) is 0 Å². The first kappa shape index (κ1) is 113. The molecule has 113 heavy (non-hydrogen) atoms. The van der Waals surface area contributed by atoms with E-state index in [4.69, 9.17) is 58.1 Å². The molecule has 62 heteroatoms. The third-order valence-electron chi connectivity index (χ3n) is 10.5. The zero-order valence-electron chi connectivity index (χ0n) is 59.3. The lowest BCUT2D eigenvalue weighted by atomic mass is 10.1. The number of amides is 2. The van der Waals surface area contributed by atoms with Crippen LogP contribution in [0.2, 0.25) is 0 Å². The maximum Gasteiger partial charge on any atom is 0.500 e. The minimum atomic E-state index is -4.59. The van der Waals surface area contributed by atoms with E-state index in [1.807, 2.05) is 169 Å². The lowest BCUT2D eigenvalue weighted by Crippen LogP contribution is -2.45. The number of benzene rings is 4. The van der Waals surface area contributed by atoms with Crippen LogP contribution in [0.25, 0.3) is 0 Å². The zero-order valence-corrected chi connectivity index (χ0v) is 89.5. The molecule has 0 spiro atoms. The summed E-state index contributed by atoms with van der Waals surface area (Å²) in [4.78, 5) is 70.7. The van der Waals surface area contributed by atoms with Crippen LogP contribution in [0.15, 0.2) is 97.1 Å². The van der Waals surface area contributed by atoms with Crippen molar-refractivity contribution in [2.45, 2.75) is 132 Å². The first-order valence-corrected chi connectivity index (χ1v) is 77.2. The van der Waals surface area contributed by atoms with Crippen LogP contribution in [0.4, 0.5) is 21.0 Å². The van der Waals surface area contributed by atoms with E-state index in [1.165, 1.54) is 98.7 Å². The number of hydrogen-bond acceptors (Lipinski definition) is 23. The minimum absolute atomic E-state index is 0. The molecule has 0 aliphatic carbocycles. The van der Waals surface area contributed by atoms with Crippen molar-refractivity contribution < 1.29 is 81.5 Å². The molecule has 0 fully saturated rings. The maximum absolute atomic E-state index is 12.1. The molecule has 4 rings (SSSR count). The number of esters is 2. The van der Waals surface area contributed by atoms with Gasteiger partial charge in [-0.3, -0.25) is 25.1 Å². The summed E-state index contributed by atoms with van der Waals surface area (Å²) in [6.07, 6.45) is -1.52. The van der Waals surface area contributed by atoms with E-state index < -0.39 is 78.1 Å². The molecule has 0 aliphatic heterocycles. The molecule has 0 aromatic heterocycles. The van der Waals surface area contributed by atoms with Gasteiger partial charge in [0.05, 0.1) is 30.1 Å². The number of alkyl carbamates (subject to hydrolysis) is 2. The Morgan fingerprint density at radius 2 is 0.681 bits per heavy atom. The smallest absolute Gasteiger partial charge is 0.467 e. The van der Waals surface area contributed by atoms with Gasteiger partial charge < -0.3 is 46.3 Å². The Hall–Kier alpha value is -0.0800. The number of ether oxygens (including phenoxy) is 4. The van der Waals surface area contributed by atoms with Gasteiger partial charge in [-0.05, 0) is 129 Å². The van der Waals surface area contributed by atoms with E-state index in [-0.39, 0.29) is 54.6 Å². The first-order chi connectivity index (χ1) is 53.1. The van der Waals surface area contributed by atoms with E-state index in [9.17, 15) is 56.2 Å². The summed E-state index contributed by atoms with van der Waals surface area (Å²) in [5.41, 5.74) is -0.985. The molecule has 2 atom stereocenters. The maximum atomic E-state index is 12.1. The summed E-state index contributed by atoms with van der Waals surface area (Å²) in [6.45, 7) is 22.4. The fourth-order valence-electron chi connectivity index (χ4n) is 6.86. The Labute approximate surface area is 760 Å². The van der Waals surface area contributed by atoms with E-state index in [0.29, 0.717) is 23.2 Å². The van der Waals surface area contributed by atoms with Gasteiger partial charge in [-0.2, -0.15) is 0 Å². The van der Waals surface area contributed by atoms with Crippen LogP contribution >= 0.6 is 0 Å². The van der Waals surface area contributed by atoms with Gasteiger partial charge in [0, 0.05) is 359 Å². The van der Waals surface area contributed by atoms with Gasteiger partial charge in [0.25, 0.3) is 11.4 Å². The highest BCUT2D eigenvalue weighted by Crippen LogP contribution is 2.25. The number of nitro groups is 2. The van der Waals surface area contributed by atoms with Crippen molar-refractivity contribution in [3.8, 4) is 23.0 Å². The topological polar surface area (TPSA) is 324 Å². The Morgan fingerprint density at radius 1 is 0.425 bits per heavy atom. The second kappa shape index (κ2) is 67.4. The Balaban J connectivity index is 0.00000157. The van der Waals surface area contributed by atoms with Crippen LogP contribution < -0.4 is 27.4 Å². The Kier molecular flexibility index (Phi) is 67.4. The number of hydrogen-bond donors (Lipinski definition) is 2. The second-order valence-corrected chi connectivity index (χ2v) is 81.7. The average molecular weight is 2260 g/mol. The standard InChI is InChI=1S/2C21H24N2O10S.C8H19N.CH4.S35/c1-21(2,3)31-20(25)22-18(19(24)30-4)13-14-5-9-16(10-6-14)32-34(28,29)33-17-11-7-15(8-12-17)23(26)27;1-21(2,3)31-20(25)22-18(19(24)30-4)12-14-8-10-16(11-9-14)32-34(28,29)33-17-7-5-6-15(13-17)23(26)27;1-6-9(7(2)3)8(4)5;;1-3-5-7-9-11-13-15-17-19-21-23-25-27-29-31-33-35-34-32-30-28-26-24-22-20-18-16-14-12-10-8-6-4-2/h5-12,18H,13H2,1-4H3,(H,22,25);5-11,13,18H,12H2,1-4H3,(H,22,25);7-8H,6H2,1-5H3;1H4;/t2*18-;;;/m00.../s1. The van der Waals surface area contributed by atoms with E-state index in [2.05, 4.69) is 50.2 Å². The largest absolute Gasteiger partial charge is 0.500 e. The highest BCUT2D eigenvalue weighted by Gasteiger charge is 2.28. The normalized spacial score (nSPS) is 10.7. The number of nitro benzene ring substituents is 2. The van der Waals surface area contributed by atoms with Crippen molar-refractivity contribution in [2.24, 2.45) is 0 Å². The highest BCUT2D eigenvalue weighted by atomic mass is 33.5. The SMILES string of the molecule is C.CCN(C(C)C)C(C)C.COC(=O)[C@H](Cc1ccc(OS(=O)(=O)Oc2ccc([N+](=O)[O-])cc2)cc1)NC(=O)OC(C)(C)C.COC(=O)[C@H](Cc1ccc(OS(=O)(=O)Oc2cccc([N+](=O)[O-])c2)cc1)NC(=O)OC(C)(C)C.S=S=S=S=S=S=S=S=S=S=S=S=S=S=S=S=S=S=S=S=S=S=S=S=S=S=S=S=S=S=S=S=S=S=S. The fraction of sp³-hybridized carbons (Fsp3) is 0.451. The molecule has 0 aliphatic rings. The van der Waals surface area contributed by atoms with Gasteiger partial charge in [0.2, 0.25) is 0 Å². The van der Waals surface area contributed by atoms with Gasteiger partial charge in [-0.25, -0.2) is 19.2 Å². The van der Waals surface area contributed by atoms with Crippen LogP contribution in [-0.4, -0.2) is 112 Å². The average Bonchev–Trinajstić information content (AvgIpc) is 0.850. The van der Waals surface area contributed by atoms with Gasteiger partial charge in [-0.15, -0.1) is 16.8 Å². The quantitative estimate of drug-likeness (QED) is 0.0342. The van der Waals surface area contributed by atoms with E-state index in [1.54, 1.807) is 148 Å². The molecule has 0 saturated heterocycles. The van der Waals surface area contributed by atoms with Crippen molar-refractivity contribution in [1.82, 2.24) is 15.5 Å². The number of carbonyl (C=O) groups is 4. The molecule has 0 saturated carbocycles. The summed E-state index contributed by atoms with van der Waals surface area (Å²) in [6, 6.07) is 19.5. The van der Waals surface area contributed by atoms with Crippen molar-refractivity contribution in [3.05, 3.63) is 128 Å². The number of rotatable bonds is 21. The second-order valence-electron chi connectivity index (χ2n) is 21.1. The van der Waals surface area contributed by atoms with Crippen LogP contribution in [0, 0.1) is 20.2 Å². The molecule has 0 bridgehead atoms. The summed E-state index contributed by atoms with van der Waals surface area (Å²) >= 11 is 9.59. The lowest BCUT2D eigenvalue weighted by Gasteiger charge is -2.28. The molecule has 0 heterocycles. The van der Waals surface area contributed by atoms with Crippen LogP contribution in [0.3, 0.4) is 0 Å². The summed E-state index contributed by atoms with van der Waals surface area (Å²) < 4.78 is 87.5. The van der Waals surface area contributed by atoms with Crippen molar-refractivity contribution in [3.63, 3.8) is 0 Å². The van der Waals surface area contributed by atoms with Gasteiger partial charge >= 0.3 is 44.9 Å². The van der Waals surface area contributed by atoms with Gasteiger partial charge in [0.15, 0.2) is 5.75 Å². The monoisotopic (exact) mass is 2260 g/mol. The van der Waals surface area contributed by atoms with Crippen LogP contribution in [-0.2, 0) is 378 Å². The Morgan fingerprint density at radius 3 is 0.903 bits per heavy atom. The molecule has 4 aromatic carbocycles. The van der Waals surface area contributed by atoms with Crippen molar-refractivity contribution in [2.75, 3.05) is 20.8 Å². The number of methoxy groups -OCH3 is 2. The molecule has 0 unspecified atom stereocenters. The van der Waals surface area contributed by atoms with Gasteiger partial charge in [0.1, 0.15) is 40.5 Å². The van der Waals surface area contributed by atoms with Crippen LogP contribution in [0.1, 0.15) is 94.7 Å². The number of non-ortho nitro benzene ring substituents is 2. The molecule has 4 aromatic rings. The molecule has 642 valence electrons. The Bertz CT molecular complexity index is 5640. The summed E-state index contributed by atoms with van der Waals surface area (Å²) in [7, 11) is 51.5. The number of nitrogens with one attached hydrogen (secondary N) is 2. The summed E-state index contributed by atoms with van der Waals surface area (Å²) in [5.74, 6) is -2.04. The lowest BCUT2D eigenvalue weighted by molar-refractivity contribution is -0.385. The minimum Gasteiger partial charge on any atom is -0.467 e. The van der Waals surface area contributed by atoms with Gasteiger partial charge in [-0.1, -0.05) is 44.7 Å². The molecule has 0 radical (unpaired) electrons. The first-order valence-electron chi connectivity index (χ1n) is 29.2. The van der Waals surface area contributed by atoms with Crippen LogP contribution in [0.5, 0.6) is 23.0 Å². The fourth-order valence-corrected chi connectivity index (χ4v) is 93.4. The molecule has 2 amide bonds. The molecular formula is C51H71N5O20S37.